The van der Waals surface area contributed by atoms with E-state index < -0.39 is 11.1 Å². The van der Waals surface area contributed by atoms with E-state index in [2.05, 4.69) is 31.9 Å². The summed E-state index contributed by atoms with van der Waals surface area (Å²) in [7, 11) is 1.51. The number of imide groups is 1. The summed E-state index contributed by atoms with van der Waals surface area (Å²) in [5, 5.41) is 0.0981. The maximum absolute atomic E-state index is 12.9. The molecule has 6 nitrogen and oxygen atoms in total. The van der Waals surface area contributed by atoms with Gasteiger partial charge >= 0.3 is 0 Å². The Morgan fingerprint density at radius 3 is 2.50 bits per heavy atom. The first kappa shape index (κ1) is 26.5. The van der Waals surface area contributed by atoms with Crippen molar-refractivity contribution in [2.24, 2.45) is 0 Å². The van der Waals surface area contributed by atoms with Gasteiger partial charge in [-0.25, -0.2) is 0 Å². The van der Waals surface area contributed by atoms with Crippen molar-refractivity contribution in [2.75, 3.05) is 13.7 Å². The van der Waals surface area contributed by atoms with Gasteiger partial charge < -0.3 is 9.47 Å². The van der Waals surface area contributed by atoms with Crippen molar-refractivity contribution in [1.29, 1.82) is 0 Å². The molecule has 0 spiro atoms. The van der Waals surface area contributed by atoms with Crippen LogP contribution in [-0.4, -0.2) is 35.5 Å². The minimum Gasteiger partial charge on any atom is -0.493 e. The van der Waals surface area contributed by atoms with Crippen molar-refractivity contribution in [1.82, 2.24) is 4.90 Å². The largest absolute Gasteiger partial charge is 0.493 e. The number of hydrogen-bond acceptors (Lipinski definition) is 6. The lowest BCUT2D eigenvalue weighted by Crippen LogP contribution is -2.33. The van der Waals surface area contributed by atoms with Crippen molar-refractivity contribution in [3.63, 3.8) is 0 Å². The molecule has 1 aliphatic heterocycles. The molecule has 0 unspecified atom stereocenters. The topological polar surface area (TPSA) is 72.9 Å². The number of thioether (sulfide) groups is 1. The van der Waals surface area contributed by atoms with Crippen LogP contribution in [0.4, 0.5) is 4.79 Å². The average molecular weight is 652 g/mol. The molecule has 3 aromatic carbocycles. The zero-order valence-corrected chi connectivity index (χ0v) is 23.5. The number of hydrogen-bond donors (Lipinski definition) is 0. The number of amides is 2. The molecule has 36 heavy (non-hydrogen) atoms. The molecule has 0 saturated carbocycles. The molecule has 0 atom stereocenters. The Morgan fingerprint density at radius 1 is 1.08 bits per heavy atom. The number of rotatable bonds is 8. The Hall–Kier alpha value is -2.59. The minimum atomic E-state index is -0.524. The van der Waals surface area contributed by atoms with Crippen LogP contribution in [0.15, 0.2) is 74.5 Å². The lowest BCUT2D eigenvalue weighted by Gasteiger charge is -2.14. The van der Waals surface area contributed by atoms with Gasteiger partial charge in [-0.05, 0) is 69.7 Å². The third kappa shape index (κ3) is 6.03. The SMILES string of the molecule is COc1cc(/C=C2/SC(=O)N(CC(=O)c3ccc(Br)cc3)C2=O)cc(Br)c1OCc1ccccc1Cl. The highest BCUT2D eigenvalue weighted by Crippen LogP contribution is 2.39. The van der Waals surface area contributed by atoms with E-state index in [1.807, 2.05) is 18.2 Å². The highest BCUT2D eigenvalue weighted by Gasteiger charge is 2.36. The Kier molecular flexibility index (Phi) is 8.56. The van der Waals surface area contributed by atoms with Gasteiger partial charge in [-0.2, -0.15) is 0 Å². The number of methoxy groups -OCH3 is 1. The first-order chi connectivity index (χ1) is 17.3. The standard InChI is InChI=1S/C26H18Br2ClNO5S/c1-34-22-11-15(10-19(28)24(22)35-14-17-4-2-3-5-20(17)29)12-23-25(32)30(26(33)36-23)13-21(31)16-6-8-18(27)9-7-16/h2-12H,13-14H2,1H3/b23-12+. The molecule has 0 radical (unpaired) electrons. The van der Waals surface area contributed by atoms with Crippen molar-refractivity contribution in [3.05, 3.63) is 96.2 Å². The maximum atomic E-state index is 12.9. The van der Waals surface area contributed by atoms with E-state index >= 15 is 0 Å². The number of benzene rings is 3. The molecule has 3 aromatic rings. The van der Waals surface area contributed by atoms with Crippen LogP contribution in [0.3, 0.4) is 0 Å². The molecular formula is C26H18Br2ClNO5S. The fraction of sp³-hybridized carbons (Fsp3) is 0.115. The van der Waals surface area contributed by atoms with Crippen LogP contribution in [0.1, 0.15) is 21.5 Å². The molecule has 1 saturated heterocycles. The highest BCUT2D eigenvalue weighted by atomic mass is 79.9. The van der Waals surface area contributed by atoms with Gasteiger partial charge in [0, 0.05) is 20.6 Å². The average Bonchev–Trinajstić information content (AvgIpc) is 3.11. The van der Waals surface area contributed by atoms with E-state index in [1.54, 1.807) is 48.5 Å². The van der Waals surface area contributed by atoms with Gasteiger partial charge in [0.2, 0.25) is 0 Å². The molecule has 0 N–H and O–H groups in total. The third-order valence-corrected chi connectivity index (χ3v) is 7.61. The summed E-state index contributed by atoms with van der Waals surface area (Å²) in [4.78, 5) is 39.2. The predicted octanol–water partition coefficient (Wildman–Crippen LogP) is 7.37. The van der Waals surface area contributed by atoms with Gasteiger partial charge in [-0.1, -0.05) is 57.9 Å². The molecule has 0 aromatic heterocycles. The number of carbonyl (C=O) groups excluding carboxylic acids is 3. The molecule has 2 amide bonds. The monoisotopic (exact) mass is 649 g/mol. The van der Waals surface area contributed by atoms with Crippen molar-refractivity contribution in [2.45, 2.75) is 6.61 Å². The van der Waals surface area contributed by atoms with E-state index in [9.17, 15) is 14.4 Å². The molecule has 184 valence electrons. The fourth-order valence-electron chi connectivity index (χ4n) is 3.39. The number of ketones is 1. The van der Waals surface area contributed by atoms with Crippen LogP contribution < -0.4 is 9.47 Å². The first-order valence-corrected chi connectivity index (χ1v) is 13.3. The van der Waals surface area contributed by atoms with Crippen LogP contribution >= 0.6 is 55.2 Å². The van der Waals surface area contributed by atoms with Crippen LogP contribution in [0.5, 0.6) is 11.5 Å². The summed E-state index contributed by atoms with van der Waals surface area (Å²) in [5.41, 5.74) is 1.86. The molecule has 0 aliphatic carbocycles. The van der Waals surface area contributed by atoms with E-state index in [4.69, 9.17) is 21.1 Å². The minimum absolute atomic E-state index is 0.210. The quantitative estimate of drug-likeness (QED) is 0.187. The summed E-state index contributed by atoms with van der Waals surface area (Å²) in [6.45, 7) is -0.0925. The second kappa shape index (κ2) is 11.6. The summed E-state index contributed by atoms with van der Waals surface area (Å²) in [5.74, 6) is 0.0650. The van der Waals surface area contributed by atoms with E-state index in [-0.39, 0.29) is 23.8 Å². The molecule has 10 heteroatoms. The number of carbonyl (C=O) groups is 3. The number of ether oxygens (including phenoxy) is 2. The Morgan fingerprint density at radius 2 is 1.81 bits per heavy atom. The van der Waals surface area contributed by atoms with Gasteiger partial charge in [0.25, 0.3) is 11.1 Å². The van der Waals surface area contributed by atoms with Crippen LogP contribution in [0.2, 0.25) is 5.02 Å². The smallest absolute Gasteiger partial charge is 0.293 e. The third-order valence-electron chi connectivity index (χ3n) is 5.22. The lowest BCUT2D eigenvalue weighted by atomic mass is 10.1. The maximum Gasteiger partial charge on any atom is 0.293 e. The summed E-state index contributed by atoms with van der Waals surface area (Å²) >= 11 is 13.8. The second-order valence-corrected chi connectivity index (χ2v) is 10.8. The van der Waals surface area contributed by atoms with Crippen LogP contribution in [0, 0.1) is 0 Å². The first-order valence-electron chi connectivity index (χ1n) is 10.5. The van der Waals surface area contributed by atoms with Gasteiger partial charge in [0.05, 0.1) is 23.0 Å². The van der Waals surface area contributed by atoms with Gasteiger partial charge in [-0.15, -0.1) is 0 Å². The number of Topliss-reactive ketones (excluding diaryl/α,β-unsaturated/α-hetero) is 1. The lowest BCUT2D eigenvalue weighted by molar-refractivity contribution is -0.122. The van der Waals surface area contributed by atoms with Crippen LogP contribution in [0.25, 0.3) is 6.08 Å². The van der Waals surface area contributed by atoms with Crippen molar-refractivity contribution >= 4 is 78.2 Å². The Bertz CT molecular complexity index is 1380. The van der Waals surface area contributed by atoms with E-state index in [1.165, 1.54) is 7.11 Å². The fourth-order valence-corrected chi connectivity index (χ4v) is 5.25. The number of nitrogens with zero attached hydrogens (tertiary/aromatic N) is 1. The van der Waals surface area contributed by atoms with Crippen molar-refractivity contribution in [3.8, 4) is 11.5 Å². The summed E-state index contributed by atoms with van der Waals surface area (Å²) in [6, 6.07) is 17.6. The zero-order chi connectivity index (χ0) is 25.8. The van der Waals surface area contributed by atoms with Gasteiger partial charge in [0.1, 0.15) is 6.61 Å². The predicted molar refractivity (Wildman–Crippen MR) is 148 cm³/mol. The number of halogens is 3. The van der Waals surface area contributed by atoms with E-state index in [0.29, 0.717) is 32.1 Å². The molecule has 0 bridgehead atoms. The summed E-state index contributed by atoms with van der Waals surface area (Å²) in [6.07, 6.45) is 1.58. The Balaban J connectivity index is 1.51. The molecule has 1 fully saturated rings. The zero-order valence-electron chi connectivity index (χ0n) is 18.8. The van der Waals surface area contributed by atoms with Gasteiger partial charge in [-0.3, -0.25) is 19.3 Å². The molecule has 1 heterocycles. The molecular weight excluding hydrogens is 634 g/mol. The second-order valence-electron chi connectivity index (χ2n) is 7.61. The molecule has 4 rings (SSSR count). The normalized spacial score (nSPS) is 14.4. The highest BCUT2D eigenvalue weighted by molar-refractivity contribution is 9.10. The Labute approximate surface area is 233 Å². The molecule has 1 aliphatic rings. The summed E-state index contributed by atoms with van der Waals surface area (Å²) < 4.78 is 12.9. The van der Waals surface area contributed by atoms with Gasteiger partial charge in [0.15, 0.2) is 17.3 Å². The van der Waals surface area contributed by atoms with E-state index in [0.717, 1.165) is 26.7 Å². The van der Waals surface area contributed by atoms with Crippen molar-refractivity contribution < 1.29 is 23.9 Å². The van der Waals surface area contributed by atoms with Crippen LogP contribution in [-0.2, 0) is 11.4 Å².